The Morgan fingerprint density at radius 3 is 2.19 bits per heavy atom. The zero-order valence-corrected chi connectivity index (χ0v) is 17.5. The van der Waals surface area contributed by atoms with Crippen molar-refractivity contribution in [2.45, 2.75) is 26.8 Å². The first-order chi connectivity index (χ1) is 15.0. The number of hydrogen-bond donors (Lipinski definition) is 1. The second-order valence-corrected chi connectivity index (χ2v) is 7.58. The normalized spacial score (nSPS) is 13.8. The average Bonchev–Trinajstić information content (AvgIpc) is 3.00. The summed E-state index contributed by atoms with van der Waals surface area (Å²) < 4.78 is 14.2. The van der Waals surface area contributed by atoms with Crippen molar-refractivity contribution in [2.24, 2.45) is 0 Å². The van der Waals surface area contributed by atoms with Crippen molar-refractivity contribution in [3.8, 4) is 0 Å². The summed E-state index contributed by atoms with van der Waals surface area (Å²) in [6.07, 6.45) is 0.908. The maximum atomic E-state index is 14.2. The van der Waals surface area contributed by atoms with Gasteiger partial charge >= 0.3 is 0 Å². The number of benzene rings is 3. The minimum atomic E-state index is -0.469. The van der Waals surface area contributed by atoms with E-state index in [1.807, 2.05) is 55.5 Å². The molecule has 156 valence electrons. The number of nitrogens with zero attached hydrogens (tertiary/aromatic N) is 1. The van der Waals surface area contributed by atoms with Gasteiger partial charge in [0.25, 0.3) is 11.8 Å². The van der Waals surface area contributed by atoms with Gasteiger partial charge in [0.15, 0.2) is 0 Å². The molecule has 0 radical (unpaired) electrons. The first-order valence-electron chi connectivity index (χ1n) is 10.2. The number of halogens is 1. The molecule has 0 atom stereocenters. The van der Waals surface area contributed by atoms with Crippen LogP contribution in [0.4, 0.5) is 10.1 Å². The fraction of sp³-hybridized carbons (Fsp3) is 0.154. The lowest BCUT2D eigenvalue weighted by molar-refractivity contribution is -0.137. The molecule has 3 aromatic rings. The Balaban J connectivity index is 1.73. The van der Waals surface area contributed by atoms with E-state index in [1.165, 1.54) is 11.6 Å². The van der Waals surface area contributed by atoms with Crippen molar-refractivity contribution in [2.75, 3.05) is 5.32 Å². The van der Waals surface area contributed by atoms with E-state index < -0.39 is 17.6 Å². The minimum Gasteiger partial charge on any atom is -0.350 e. The Kier molecular flexibility index (Phi) is 5.67. The molecule has 0 aromatic heterocycles. The molecule has 4 nitrogen and oxygen atoms in total. The maximum Gasteiger partial charge on any atom is 0.278 e. The molecule has 2 amide bonds. The molecule has 3 aromatic carbocycles. The number of imide groups is 1. The molecule has 1 aliphatic heterocycles. The van der Waals surface area contributed by atoms with Crippen molar-refractivity contribution < 1.29 is 14.0 Å². The minimum absolute atomic E-state index is 0.125. The summed E-state index contributed by atoms with van der Waals surface area (Å²) in [6, 6.07) is 21.3. The zero-order chi connectivity index (χ0) is 22.0. The van der Waals surface area contributed by atoms with Crippen LogP contribution in [0.5, 0.6) is 0 Å². The topological polar surface area (TPSA) is 49.4 Å². The smallest absolute Gasteiger partial charge is 0.278 e. The summed E-state index contributed by atoms with van der Waals surface area (Å²) in [5.41, 5.74) is 4.37. The molecule has 0 unspecified atom stereocenters. The van der Waals surface area contributed by atoms with Gasteiger partial charge in [-0.1, -0.05) is 67.1 Å². The number of rotatable bonds is 6. The number of nitrogens with one attached hydrogen (secondary N) is 1. The summed E-state index contributed by atoms with van der Waals surface area (Å²) in [4.78, 5) is 27.7. The molecule has 0 saturated carbocycles. The lowest BCUT2D eigenvalue weighted by Gasteiger charge is -2.16. The summed E-state index contributed by atoms with van der Waals surface area (Å²) in [5, 5.41) is 3.14. The van der Waals surface area contributed by atoms with Crippen molar-refractivity contribution in [3.63, 3.8) is 0 Å². The van der Waals surface area contributed by atoms with Gasteiger partial charge in [-0.2, -0.15) is 0 Å². The van der Waals surface area contributed by atoms with Gasteiger partial charge in [0.2, 0.25) is 0 Å². The largest absolute Gasteiger partial charge is 0.350 e. The van der Waals surface area contributed by atoms with Crippen molar-refractivity contribution in [3.05, 3.63) is 107 Å². The fourth-order valence-electron chi connectivity index (χ4n) is 3.59. The molecule has 0 spiro atoms. The molecule has 1 heterocycles. The average molecular weight is 414 g/mol. The van der Waals surface area contributed by atoms with Crippen LogP contribution < -0.4 is 5.32 Å². The van der Waals surface area contributed by atoms with Crippen LogP contribution >= 0.6 is 0 Å². The summed E-state index contributed by atoms with van der Waals surface area (Å²) in [7, 11) is 0. The van der Waals surface area contributed by atoms with Gasteiger partial charge < -0.3 is 5.32 Å². The maximum absolute atomic E-state index is 14.2. The van der Waals surface area contributed by atoms with E-state index in [0.717, 1.165) is 16.9 Å². The van der Waals surface area contributed by atoms with Crippen LogP contribution in [-0.4, -0.2) is 16.7 Å². The van der Waals surface area contributed by atoms with Gasteiger partial charge in [-0.25, -0.2) is 4.39 Å². The molecule has 0 fully saturated rings. The van der Waals surface area contributed by atoms with Gasteiger partial charge in [-0.05, 0) is 42.7 Å². The van der Waals surface area contributed by atoms with Gasteiger partial charge in [0.05, 0.1) is 12.1 Å². The van der Waals surface area contributed by atoms with Gasteiger partial charge in [0.1, 0.15) is 11.5 Å². The Hall–Kier alpha value is -3.73. The van der Waals surface area contributed by atoms with E-state index in [1.54, 1.807) is 18.2 Å². The second-order valence-electron chi connectivity index (χ2n) is 7.58. The zero-order valence-electron chi connectivity index (χ0n) is 17.5. The van der Waals surface area contributed by atoms with Crippen LogP contribution in [0, 0.1) is 12.7 Å². The van der Waals surface area contributed by atoms with E-state index in [4.69, 9.17) is 0 Å². The number of amides is 2. The summed E-state index contributed by atoms with van der Waals surface area (Å²) in [6.45, 7) is 3.90. The van der Waals surface area contributed by atoms with Crippen LogP contribution in [0.25, 0.3) is 5.57 Å². The van der Waals surface area contributed by atoms with Gasteiger partial charge in [-0.15, -0.1) is 0 Å². The molecule has 31 heavy (non-hydrogen) atoms. The van der Waals surface area contributed by atoms with Crippen LogP contribution in [0.2, 0.25) is 0 Å². The van der Waals surface area contributed by atoms with Crippen LogP contribution in [-0.2, 0) is 22.6 Å². The third kappa shape index (κ3) is 4.12. The molecular formula is C26H23FN2O2. The number of carbonyl (C=O) groups excluding carboxylic acids is 2. The monoisotopic (exact) mass is 414 g/mol. The van der Waals surface area contributed by atoms with Crippen molar-refractivity contribution in [1.29, 1.82) is 0 Å². The Morgan fingerprint density at radius 2 is 1.55 bits per heavy atom. The molecule has 0 aliphatic carbocycles. The second kappa shape index (κ2) is 8.56. The highest BCUT2D eigenvalue weighted by Gasteiger charge is 2.39. The third-order valence-corrected chi connectivity index (χ3v) is 5.43. The number of hydrogen-bond acceptors (Lipinski definition) is 3. The van der Waals surface area contributed by atoms with Crippen molar-refractivity contribution in [1.82, 2.24) is 4.90 Å². The molecule has 0 saturated heterocycles. The van der Waals surface area contributed by atoms with Crippen LogP contribution in [0.1, 0.15) is 29.2 Å². The highest BCUT2D eigenvalue weighted by Crippen LogP contribution is 2.32. The lowest BCUT2D eigenvalue weighted by atomic mass is 10.0. The lowest BCUT2D eigenvalue weighted by Crippen LogP contribution is -2.32. The highest BCUT2D eigenvalue weighted by atomic mass is 19.1. The van der Waals surface area contributed by atoms with E-state index in [2.05, 4.69) is 12.2 Å². The number of carbonyl (C=O) groups is 2. The van der Waals surface area contributed by atoms with E-state index in [0.29, 0.717) is 22.4 Å². The first-order valence-corrected chi connectivity index (χ1v) is 10.2. The quantitative estimate of drug-likeness (QED) is 0.572. The highest BCUT2D eigenvalue weighted by molar-refractivity contribution is 6.36. The van der Waals surface area contributed by atoms with E-state index in [9.17, 15) is 14.0 Å². The first kappa shape index (κ1) is 20.5. The molecule has 0 bridgehead atoms. The van der Waals surface area contributed by atoms with Crippen LogP contribution in [0.3, 0.4) is 0 Å². The van der Waals surface area contributed by atoms with Crippen LogP contribution in [0.15, 0.2) is 78.5 Å². The predicted octanol–water partition coefficient (Wildman–Crippen LogP) is 5.09. The van der Waals surface area contributed by atoms with E-state index >= 15 is 0 Å². The van der Waals surface area contributed by atoms with Crippen molar-refractivity contribution >= 4 is 23.1 Å². The predicted molar refractivity (Wildman–Crippen MR) is 119 cm³/mol. The summed E-state index contributed by atoms with van der Waals surface area (Å²) >= 11 is 0. The molecule has 5 heteroatoms. The van der Waals surface area contributed by atoms with E-state index in [-0.39, 0.29) is 12.2 Å². The number of anilines is 1. The van der Waals surface area contributed by atoms with Gasteiger partial charge in [-0.3, -0.25) is 14.5 Å². The van der Waals surface area contributed by atoms with Gasteiger partial charge in [0, 0.05) is 11.3 Å². The standard InChI is InChI=1S/C26H23FN2O2/c1-3-18-10-14-21(15-11-18)28-24-23(19-12-8-17(2)9-13-19)25(30)29(26(24)31)16-20-6-4-5-7-22(20)27/h4-15,28H,3,16H2,1-2H3. The summed E-state index contributed by atoms with van der Waals surface area (Å²) in [5.74, 6) is -1.36. The SMILES string of the molecule is CCc1ccc(NC2=C(c3ccc(C)cc3)C(=O)N(Cc3ccccc3F)C2=O)cc1. The Bertz CT molecular complexity index is 1160. The molecular weight excluding hydrogens is 391 g/mol. The number of aryl methyl sites for hydroxylation is 2. The Labute approximate surface area is 181 Å². The Morgan fingerprint density at radius 1 is 0.871 bits per heavy atom. The molecule has 1 N–H and O–H groups in total. The molecule has 4 rings (SSSR count). The fourth-order valence-corrected chi connectivity index (χ4v) is 3.59. The molecule has 1 aliphatic rings. The third-order valence-electron chi connectivity index (χ3n) is 5.43.